The van der Waals surface area contributed by atoms with Crippen LogP contribution in [0.3, 0.4) is 0 Å². The molecule has 3 aromatic carbocycles. The number of amides is 3. The van der Waals surface area contributed by atoms with Crippen molar-refractivity contribution in [3.8, 4) is 5.75 Å². The van der Waals surface area contributed by atoms with Crippen LogP contribution in [0.2, 0.25) is 0 Å². The summed E-state index contributed by atoms with van der Waals surface area (Å²) in [5, 5.41) is 15.8. The van der Waals surface area contributed by atoms with Crippen molar-refractivity contribution in [3.63, 3.8) is 0 Å². The summed E-state index contributed by atoms with van der Waals surface area (Å²) < 4.78 is 5.55. The van der Waals surface area contributed by atoms with E-state index in [0.717, 1.165) is 47.1 Å². The topological polar surface area (TPSA) is 108 Å². The highest BCUT2D eigenvalue weighted by Gasteiger charge is 2.36. The minimum atomic E-state index is -1.03. The zero-order valence-corrected chi connectivity index (χ0v) is 28.7. The molecular formula is C38H51N3O5. The van der Waals surface area contributed by atoms with Crippen LogP contribution < -0.4 is 10.6 Å². The van der Waals surface area contributed by atoms with Crippen LogP contribution in [-0.4, -0.2) is 46.1 Å². The Bertz CT molecular complexity index is 1470. The SMILES string of the molecule is CCCCCCN(C(=O)C(Cc1ccc(O)cc1)NC(=O)OC(C)(C)C)C(C(=O)Nc1c(C)cccc1C)c1ccc(C)c(C)c1. The lowest BCUT2D eigenvalue weighted by molar-refractivity contribution is -0.140. The number of aromatic hydroxyl groups is 1. The Morgan fingerprint density at radius 2 is 1.50 bits per heavy atom. The first-order valence-corrected chi connectivity index (χ1v) is 16.2. The summed E-state index contributed by atoms with van der Waals surface area (Å²) in [7, 11) is 0. The zero-order valence-electron chi connectivity index (χ0n) is 28.7. The number of unbranched alkanes of at least 4 members (excludes halogenated alkanes) is 3. The van der Waals surface area contributed by atoms with Gasteiger partial charge in [0.05, 0.1) is 0 Å². The molecule has 8 nitrogen and oxygen atoms in total. The van der Waals surface area contributed by atoms with Crippen molar-refractivity contribution in [1.82, 2.24) is 10.2 Å². The van der Waals surface area contributed by atoms with Gasteiger partial charge in [-0.15, -0.1) is 0 Å². The molecule has 2 unspecified atom stereocenters. The molecular weight excluding hydrogens is 578 g/mol. The Morgan fingerprint density at radius 1 is 0.848 bits per heavy atom. The molecule has 2 atom stereocenters. The second kappa shape index (κ2) is 16.3. The van der Waals surface area contributed by atoms with Crippen LogP contribution in [0.1, 0.15) is 92.8 Å². The molecule has 0 saturated heterocycles. The summed E-state index contributed by atoms with van der Waals surface area (Å²) in [6, 6.07) is 16.2. The second-order valence-electron chi connectivity index (χ2n) is 13.2. The number of carbonyl (C=O) groups is 3. The highest BCUT2D eigenvalue weighted by atomic mass is 16.6. The lowest BCUT2D eigenvalue weighted by atomic mass is 9.96. The molecule has 0 fully saturated rings. The predicted molar refractivity (Wildman–Crippen MR) is 184 cm³/mol. The molecule has 3 rings (SSSR count). The van der Waals surface area contributed by atoms with Crippen molar-refractivity contribution >= 4 is 23.6 Å². The maximum Gasteiger partial charge on any atom is 0.408 e. The van der Waals surface area contributed by atoms with Gasteiger partial charge in [0.25, 0.3) is 5.91 Å². The average molecular weight is 630 g/mol. The van der Waals surface area contributed by atoms with Gasteiger partial charge in [-0.1, -0.05) is 74.7 Å². The van der Waals surface area contributed by atoms with Crippen molar-refractivity contribution in [3.05, 3.63) is 94.0 Å². The molecule has 248 valence electrons. The van der Waals surface area contributed by atoms with Crippen LogP contribution in [0.5, 0.6) is 5.75 Å². The molecule has 0 bridgehead atoms. The number of aryl methyl sites for hydroxylation is 4. The number of hydrogen-bond acceptors (Lipinski definition) is 5. The van der Waals surface area contributed by atoms with Crippen LogP contribution in [-0.2, 0) is 20.7 Å². The van der Waals surface area contributed by atoms with Crippen LogP contribution in [0.15, 0.2) is 60.7 Å². The average Bonchev–Trinajstić information content (AvgIpc) is 2.97. The quantitative estimate of drug-likeness (QED) is 0.167. The summed E-state index contributed by atoms with van der Waals surface area (Å²) in [6.45, 7) is 15.6. The summed E-state index contributed by atoms with van der Waals surface area (Å²) >= 11 is 0. The Morgan fingerprint density at radius 3 is 2.09 bits per heavy atom. The van der Waals surface area contributed by atoms with E-state index in [9.17, 15) is 19.5 Å². The molecule has 0 aromatic heterocycles. The number of benzene rings is 3. The first kappa shape index (κ1) is 36.1. The Balaban J connectivity index is 2.13. The molecule has 3 N–H and O–H groups in total. The Hall–Kier alpha value is -4.33. The fourth-order valence-corrected chi connectivity index (χ4v) is 5.40. The number of alkyl carbamates (subject to hydrolysis) is 1. The van der Waals surface area contributed by atoms with E-state index in [0.29, 0.717) is 24.2 Å². The van der Waals surface area contributed by atoms with Gasteiger partial charge < -0.3 is 25.4 Å². The summed E-state index contributed by atoms with van der Waals surface area (Å²) in [5.74, 6) is -0.622. The van der Waals surface area contributed by atoms with Gasteiger partial charge in [-0.2, -0.15) is 0 Å². The summed E-state index contributed by atoms with van der Waals surface area (Å²) in [4.78, 5) is 43.9. The molecule has 3 amide bonds. The minimum Gasteiger partial charge on any atom is -0.508 e. The molecule has 8 heteroatoms. The number of ether oxygens (including phenoxy) is 1. The van der Waals surface area contributed by atoms with Crippen LogP contribution >= 0.6 is 0 Å². The molecule has 3 aromatic rings. The van der Waals surface area contributed by atoms with Gasteiger partial charge in [0, 0.05) is 18.7 Å². The fourth-order valence-electron chi connectivity index (χ4n) is 5.40. The Labute approximate surface area is 274 Å². The van der Waals surface area contributed by atoms with Crippen molar-refractivity contribution < 1.29 is 24.2 Å². The summed E-state index contributed by atoms with van der Waals surface area (Å²) in [5.41, 5.74) is 5.30. The van der Waals surface area contributed by atoms with Gasteiger partial charge in [-0.25, -0.2) is 4.79 Å². The number of phenolic OH excluding ortho intramolecular Hbond substituents is 1. The third kappa shape index (κ3) is 10.4. The van der Waals surface area contributed by atoms with E-state index in [1.807, 2.05) is 64.1 Å². The lowest BCUT2D eigenvalue weighted by Crippen LogP contribution is -2.53. The number of phenols is 1. The highest BCUT2D eigenvalue weighted by molar-refractivity contribution is 6.00. The number of hydrogen-bond donors (Lipinski definition) is 3. The molecule has 0 aliphatic carbocycles. The predicted octanol–water partition coefficient (Wildman–Crippen LogP) is 7.85. The maximum absolute atomic E-state index is 14.8. The number of para-hydroxylation sites is 1. The summed E-state index contributed by atoms with van der Waals surface area (Å²) in [6.07, 6.45) is 3.01. The van der Waals surface area contributed by atoms with Crippen LogP contribution in [0.4, 0.5) is 10.5 Å². The van der Waals surface area contributed by atoms with Gasteiger partial charge in [0.15, 0.2) is 0 Å². The van der Waals surface area contributed by atoms with E-state index in [1.54, 1.807) is 49.9 Å². The van der Waals surface area contributed by atoms with Gasteiger partial charge in [0.1, 0.15) is 23.4 Å². The second-order valence-corrected chi connectivity index (χ2v) is 13.2. The highest BCUT2D eigenvalue weighted by Crippen LogP contribution is 2.29. The van der Waals surface area contributed by atoms with E-state index in [1.165, 1.54) is 0 Å². The third-order valence-electron chi connectivity index (χ3n) is 8.04. The first-order chi connectivity index (χ1) is 21.7. The van der Waals surface area contributed by atoms with Gasteiger partial charge in [0.2, 0.25) is 5.91 Å². The lowest BCUT2D eigenvalue weighted by Gasteiger charge is -2.35. The van der Waals surface area contributed by atoms with Crippen LogP contribution in [0.25, 0.3) is 0 Å². The van der Waals surface area contributed by atoms with E-state index >= 15 is 0 Å². The van der Waals surface area contributed by atoms with Gasteiger partial charge in [-0.05, 0) is 100 Å². The zero-order chi connectivity index (χ0) is 34.0. The molecule has 0 aliphatic heterocycles. The smallest absolute Gasteiger partial charge is 0.408 e. The fraction of sp³-hybridized carbons (Fsp3) is 0.447. The van der Waals surface area contributed by atoms with E-state index in [4.69, 9.17) is 4.74 Å². The van der Waals surface area contributed by atoms with E-state index in [2.05, 4.69) is 17.6 Å². The van der Waals surface area contributed by atoms with Crippen LogP contribution in [0, 0.1) is 27.7 Å². The van der Waals surface area contributed by atoms with Crippen molar-refractivity contribution in [2.75, 3.05) is 11.9 Å². The molecule has 0 heterocycles. The van der Waals surface area contributed by atoms with Gasteiger partial charge in [-0.3, -0.25) is 9.59 Å². The van der Waals surface area contributed by atoms with E-state index < -0.39 is 29.7 Å². The first-order valence-electron chi connectivity index (χ1n) is 16.2. The number of anilines is 1. The van der Waals surface area contributed by atoms with E-state index in [-0.39, 0.29) is 18.1 Å². The molecule has 0 saturated carbocycles. The molecule has 0 spiro atoms. The number of rotatable bonds is 13. The molecule has 0 radical (unpaired) electrons. The standard InChI is InChI=1S/C38H51N3O5/c1-9-10-11-12-22-41(36(44)32(39-37(45)46-38(6,7)8)24-29-17-20-31(42)21-18-29)34(30-19-16-25(2)28(5)23-30)35(43)40-33-26(3)14-13-15-27(33)4/h13-21,23,32,34,42H,9-12,22,24H2,1-8H3,(H,39,45)(H,40,43). The molecule has 0 aliphatic rings. The molecule has 46 heavy (non-hydrogen) atoms. The Kier molecular flexibility index (Phi) is 12.8. The number of nitrogens with zero attached hydrogens (tertiary/aromatic N) is 1. The third-order valence-corrected chi connectivity index (χ3v) is 8.04. The van der Waals surface area contributed by atoms with Crippen molar-refractivity contribution in [1.29, 1.82) is 0 Å². The normalized spacial score (nSPS) is 12.6. The number of carbonyl (C=O) groups excluding carboxylic acids is 3. The maximum atomic E-state index is 14.8. The largest absolute Gasteiger partial charge is 0.508 e. The number of nitrogens with one attached hydrogen (secondary N) is 2. The van der Waals surface area contributed by atoms with Gasteiger partial charge >= 0.3 is 6.09 Å². The minimum absolute atomic E-state index is 0.0993. The van der Waals surface area contributed by atoms with Crippen molar-refractivity contribution in [2.45, 2.75) is 105 Å². The van der Waals surface area contributed by atoms with Crippen molar-refractivity contribution in [2.24, 2.45) is 0 Å². The monoisotopic (exact) mass is 629 g/mol.